The molecule has 0 amide bonds. The van der Waals surface area contributed by atoms with Crippen molar-refractivity contribution in [2.24, 2.45) is 0 Å². The van der Waals surface area contributed by atoms with E-state index in [1.807, 2.05) is 0 Å². The van der Waals surface area contributed by atoms with Crippen molar-refractivity contribution in [2.75, 3.05) is 5.73 Å². The van der Waals surface area contributed by atoms with Gasteiger partial charge in [0.2, 0.25) is 5.82 Å². The van der Waals surface area contributed by atoms with Gasteiger partial charge >= 0.3 is 5.69 Å². The van der Waals surface area contributed by atoms with Gasteiger partial charge in [0, 0.05) is 11.6 Å². The third-order valence-corrected chi connectivity index (χ3v) is 5.14. The minimum absolute atomic E-state index is 0.0144. The Morgan fingerprint density at radius 2 is 1.83 bits per heavy atom. The molecule has 0 aliphatic heterocycles. The molecule has 1 aromatic carbocycles. The molecule has 24 heavy (non-hydrogen) atoms. The molecular weight excluding hydrogens is 332 g/mol. The maximum absolute atomic E-state index is 12.6. The Morgan fingerprint density at radius 1 is 1.12 bits per heavy atom. The average Bonchev–Trinajstić information content (AvgIpc) is 2.55. The van der Waals surface area contributed by atoms with E-state index in [0.717, 1.165) is 0 Å². The fourth-order valence-electron chi connectivity index (χ4n) is 2.42. The number of nitrogens with zero attached hydrogens (tertiary/aromatic N) is 3. The minimum Gasteiger partial charge on any atom is -0.378 e. The first-order valence-electron chi connectivity index (χ1n) is 6.85. The topological polar surface area (TPSA) is 129 Å². The molecule has 9 heteroatoms. The monoisotopic (exact) mass is 344 g/mol. The summed E-state index contributed by atoms with van der Waals surface area (Å²) in [5.41, 5.74) is 5.30. The van der Waals surface area contributed by atoms with Crippen LogP contribution in [-0.4, -0.2) is 23.3 Å². The van der Waals surface area contributed by atoms with Crippen molar-refractivity contribution < 1.29 is 13.3 Å². The van der Waals surface area contributed by atoms with Gasteiger partial charge < -0.3 is 5.73 Å². The number of nitrogens with two attached hydrogens (primary N) is 1. The van der Waals surface area contributed by atoms with Crippen molar-refractivity contribution in [1.82, 2.24) is 9.97 Å². The molecule has 0 fully saturated rings. The maximum atomic E-state index is 12.6. The van der Waals surface area contributed by atoms with Gasteiger partial charge in [-0.3, -0.25) is 10.1 Å². The first-order chi connectivity index (χ1) is 11.4. The van der Waals surface area contributed by atoms with Crippen LogP contribution in [0.2, 0.25) is 0 Å². The summed E-state index contributed by atoms with van der Waals surface area (Å²) >= 11 is 0. The van der Waals surface area contributed by atoms with Gasteiger partial charge in [-0.1, -0.05) is 18.2 Å². The molecule has 0 saturated heterocycles. The lowest BCUT2D eigenvalue weighted by Gasteiger charge is -2.09. The fraction of sp³-hybridized carbons (Fsp3) is 0.0667. The Bertz CT molecular complexity index is 1040. The number of hydrogen-bond acceptors (Lipinski definition) is 7. The van der Waals surface area contributed by atoms with Crippen LogP contribution in [0, 0.1) is 10.1 Å². The van der Waals surface area contributed by atoms with Crippen LogP contribution in [0.25, 0.3) is 11.0 Å². The van der Waals surface area contributed by atoms with Gasteiger partial charge in [-0.25, -0.2) is 18.4 Å². The van der Waals surface area contributed by atoms with Crippen LogP contribution in [0.15, 0.2) is 53.6 Å². The minimum atomic E-state index is -3.79. The van der Waals surface area contributed by atoms with Crippen molar-refractivity contribution in [3.8, 4) is 0 Å². The van der Waals surface area contributed by atoms with Gasteiger partial charge in [0.1, 0.15) is 0 Å². The van der Waals surface area contributed by atoms with E-state index in [1.54, 1.807) is 24.3 Å². The number of pyridine rings is 2. The molecule has 2 aromatic heterocycles. The van der Waals surface area contributed by atoms with E-state index in [1.165, 1.54) is 24.4 Å². The molecule has 0 atom stereocenters. The van der Waals surface area contributed by atoms with Crippen LogP contribution in [0.1, 0.15) is 5.56 Å². The SMILES string of the molecule is Nc1nc2ncccc2c(CS(=O)(=O)c2ccccc2)c1[N+](=O)[O-]. The van der Waals surface area contributed by atoms with Crippen LogP contribution >= 0.6 is 0 Å². The number of aromatic nitrogens is 2. The molecule has 3 aromatic rings. The number of anilines is 1. The third-order valence-electron chi connectivity index (χ3n) is 3.49. The summed E-state index contributed by atoms with van der Waals surface area (Å²) < 4.78 is 25.3. The lowest BCUT2D eigenvalue weighted by molar-refractivity contribution is -0.384. The molecule has 0 spiro atoms. The average molecular weight is 344 g/mol. The van der Waals surface area contributed by atoms with Crippen LogP contribution in [0.5, 0.6) is 0 Å². The molecule has 8 nitrogen and oxygen atoms in total. The highest BCUT2D eigenvalue weighted by atomic mass is 32.2. The molecule has 0 bridgehead atoms. The van der Waals surface area contributed by atoms with E-state index in [-0.39, 0.29) is 27.3 Å². The van der Waals surface area contributed by atoms with Crippen molar-refractivity contribution in [3.05, 3.63) is 64.3 Å². The standard InChI is InChI=1S/C15H12N4O4S/c16-14-13(19(20)21)12(11-7-4-8-17-15(11)18-14)9-24(22,23)10-5-2-1-3-6-10/h1-8H,9H2,(H2,16,17,18). The van der Waals surface area contributed by atoms with Crippen molar-refractivity contribution >= 4 is 32.4 Å². The summed E-state index contributed by atoms with van der Waals surface area (Å²) in [7, 11) is -3.79. The van der Waals surface area contributed by atoms with Gasteiger partial charge in [0.15, 0.2) is 15.5 Å². The van der Waals surface area contributed by atoms with Crippen LogP contribution in [0.4, 0.5) is 11.5 Å². The van der Waals surface area contributed by atoms with E-state index >= 15 is 0 Å². The Hall–Kier alpha value is -3.07. The zero-order valence-corrected chi connectivity index (χ0v) is 13.1. The Morgan fingerprint density at radius 3 is 2.50 bits per heavy atom. The second-order valence-corrected chi connectivity index (χ2v) is 7.02. The summed E-state index contributed by atoms with van der Waals surface area (Å²) in [6, 6.07) is 10.8. The first kappa shape index (κ1) is 15.8. The third kappa shape index (κ3) is 2.76. The summed E-state index contributed by atoms with van der Waals surface area (Å²) in [4.78, 5) is 18.6. The van der Waals surface area contributed by atoms with Crippen molar-refractivity contribution in [2.45, 2.75) is 10.6 Å². The number of nitrogen functional groups attached to an aromatic ring is 1. The Labute approximate surface area is 137 Å². The highest BCUT2D eigenvalue weighted by Crippen LogP contribution is 2.33. The van der Waals surface area contributed by atoms with Gasteiger partial charge in [-0.2, -0.15) is 0 Å². The smallest absolute Gasteiger partial charge is 0.316 e. The number of benzene rings is 1. The van der Waals surface area contributed by atoms with Gasteiger partial charge in [-0.15, -0.1) is 0 Å². The number of sulfone groups is 1. The summed E-state index contributed by atoms with van der Waals surface area (Å²) in [5, 5.41) is 11.7. The van der Waals surface area contributed by atoms with E-state index < -0.39 is 26.2 Å². The zero-order chi connectivity index (χ0) is 17.3. The Balaban J connectivity index is 2.25. The number of hydrogen-bond donors (Lipinski definition) is 1. The lowest BCUT2D eigenvalue weighted by Crippen LogP contribution is -2.10. The van der Waals surface area contributed by atoms with Crippen LogP contribution in [-0.2, 0) is 15.6 Å². The molecule has 0 saturated carbocycles. The van der Waals surface area contributed by atoms with E-state index in [4.69, 9.17) is 5.73 Å². The van der Waals surface area contributed by atoms with Gasteiger partial charge in [-0.05, 0) is 24.3 Å². The van der Waals surface area contributed by atoms with Crippen LogP contribution < -0.4 is 5.73 Å². The molecule has 3 rings (SSSR count). The van der Waals surface area contributed by atoms with E-state index in [2.05, 4.69) is 9.97 Å². The maximum Gasteiger partial charge on any atom is 0.316 e. The highest BCUT2D eigenvalue weighted by Gasteiger charge is 2.28. The molecule has 0 unspecified atom stereocenters. The molecule has 122 valence electrons. The van der Waals surface area contributed by atoms with Crippen molar-refractivity contribution in [3.63, 3.8) is 0 Å². The normalized spacial score (nSPS) is 11.5. The molecule has 2 N–H and O–H groups in total. The molecule has 0 aliphatic rings. The van der Waals surface area contributed by atoms with Crippen LogP contribution in [0.3, 0.4) is 0 Å². The second-order valence-electron chi connectivity index (χ2n) is 5.03. The predicted molar refractivity (Wildman–Crippen MR) is 87.9 cm³/mol. The fourth-order valence-corrected chi connectivity index (χ4v) is 3.83. The van der Waals surface area contributed by atoms with E-state index in [9.17, 15) is 18.5 Å². The van der Waals surface area contributed by atoms with Gasteiger partial charge in [0.05, 0.1) is 21.1 Å². The molecule has 0 radical (unpaired) electrons. The van der Waals surface area contributed by atoms with Gasteiger partial charge in [0.25, 0.3) is 0 Å². The van der Waals surface area contributed by atoms with Crippen molar-refractivity contribution in [1.29, 1.82) is 0 Å². The second kappa shape index (κ2) is 5.85. The zero-order valence-electron chi connectivity index (χ0n) is 12.3. The number of fused-ring (bicyclic) bond motifs is 1. The Kier molecular flexibility index (Phi) is 3.86. The van der Waals surface area contributed by atoms with E-state index in [0.29, 0.717) is 0 Å². The molecular formula is C15H12N4O4S. The molecule has 2 heterocycles. The lowest BCUT2D eigenvalue weighted by atomic mass is 10.1. The largest absolute Gasteiger partial charge is 0.378 e. The highest BCUT2D eigenvalue weighted by molar-refractivity contribution is 7.90. The number of rotatable bonds is 4. The molecule has 0 aliphatic carbocycles. The first-order valence-corrected chi connectivity index (χ1v) is 8.50. The quantitative estimate of drug-likeness (QED) is 0.566. The summed E-state index contributed by atoms with van der Waals surface area (Å²) in [6.07, 6.45) is 1.45. The summed E-state index contributed by atoms with van der Waals surface area (Å²) in [6.45, 7) is 0. The number of nitro groups is 1. The predicted octanol–water partition coefficient (Wildman–Crippen LogP) is 2.09. The summed E-state index contributed by atoms with van der Waals surface area (Å²) in [5.74, 6) is -0.924.